The Morgan fingerprint density at radius 2 is 1.93 bits per heavy atom. The lowest BCUT2D eigenvalue weighted by molar-refractivity contribution is -0.140. The quantitative estimate of drug-likeness (QED) is 0.373. The van der Waals surface area contributed by atoms with Crippen LogP contribution in [0.25, 0.3) is 6.08 Å². The van der Waals surface area contributed by atoms with E-state index < -0.39 is 17.7 Å². The molecule has 1 aromatic heterocycles. The zero-order valence-electron chi connectivity index (χ0n) is 15.5. The number of rotatable bonds is 7. The smallest absolute Gasteiger partial charge is 0.327 e. The summed E-state index contributed by atoms with van der Waals surface area (Å²) in [5, 5.41) is 2.36. The van der Waals surface area contributed by atoms with Crippen molar-refractivity contribution in [3.63, 3.8) is 0 Å². The van der Waals surface area contributed by atoms with Crippen molar-refractivity contribution in [1.29, 1.82) is 0 Å². The van der Waals surface area contributed by atoms with Gasteiger partial charge in [-0.2, -0.15) is 0 Å². The van der Waals surface area contributed by atoms with Crippen molar-refractivity contribution < 1.29 is 28.3 Å². The number of ether oxygens (including phenoxy) is 2. The third kappa shape index (κ3) is 6.20. The molecular weight excluding hydrogens is 366 g/mol. The lowest BCUT2D eigenvalue weighted by Crippen LogP contribution is -2.47. The standard InChI is InChI=1S/C19H21N3O6/c1-3-27-16-11-13(6-8-15(16)26-2)7-9-17(23)21-22-19(25)18(24)20-12-14-5-4-10-28-14/h4-11H,3,12H2,1-2H3,(H,20,24)(H,21,23)(H,22,25)/b9-7+. The van der Waals surface area contributed by atoms with Crippen molar-refractivity contribution >= 4 is 23.8 Å². The Morgan fingerprint density at radius 3 is 2.61 bits per heavy atom. The summed E-state index contributed by atoms with van der Waals surface area (Å²) in [5.41, 5.74) is 4.84. The van der Waals surface area contributed by atoms with Crippen molar-refractivity contribution in [2.45, 2.75) is 13.5 Å². The summed E-state index contributed by atoms with van der Waals surface area (Å²) in [6.07, 6.45) is 4.19. The highest BCUT2D eigenvalue weighted by atomic mass is 16.5. The van der Waals surface area contributed by atoms with E-state index in [0.717, 1.165) is 0 Å². The van der Waals surface area contributed by atoms with Crippen LogP contribution in [0.5, 0.6) is 11.5 Å². The largest absolute Gasteiger partial charge is 0.493 e. The molecule has 28 heavy (non-hydrogen) atoms. The molecule has 0 aliphatic carbocycles. The number of furan rings is 1. The van der Waals surface area contributed by atoms with Gasteiger partial charge in [-0.1, -0.05) is 6.07 Å². The van der Waals surface area contributed by atoms with Gasteiger partial charge in [-0.25, -0.2) is 0 Å². The number of amides is 3. The van der Waals surface area contributed by atoms with Crippen LogP contribution in [0.1, 0.15) is 18.2 Å². The second kappa shape index (κ2) is 10.4. The fraction of sp³-hybridized carbons (Fsp3) is 0.211. The minimum Gasteiger partial charge on any atom is -0.493 e. The molecule has 0 saturated heterocycles. The molecule has 2 rings (SSSR count). The highest BCUT2D eigenvalue weighted by molar-refractivity contribution is 6.35. The molecule has 0 bridgehead atoms. The number of hydrogen-bond acceptors (Lipinski definition) is 6. The Bertz CT molecular complexity index is 845. The first-order valence-corrected chi connectivity index (χ1v) is 8.43. The molecule has 1 heterocycles. The van der Waals surface area contributed by atoms with Gasteiger partial charge in [-0.15, -0.1) is 0 Å². The van der Waals surface area contributed by atoms with E-state index >= 15 is 0 Å². The molecule has 3 amide bonds. The van der Waals surface area contributed by atoms with E-state index in [0.29, 0.717) is 29.4 Å². The van der Waals surface area contributed by atoms with Gasteiger partial charge in [0, 0.05) is 6.08 Å². The van der Waals surface area contributed by atoms with Crippen molar-refractivity contribution in [1.82, 2.24) is 16.2 Å². The van der Waals surface area contributed by atoms with Gasteiger partial charge in [-0.05, 0) is 42.8 Å². The van der Waals surface area contributed by atoms with Crippen LogP contribution in [0.3, 0.4) is 0 Å². The highest BCUT2D eigenvalue weighted by Gasteiger charge is 2.13. The molecule has 9 heteroatoms. The van der Waals surface area contributed by atoms with Crippen LogP contribution >= 0.6 is 0 Å². The summed E-state index contributed by atoms with van der Waals surface area (Å²) >= 11 is 0. The number of hydrazine groups is 1. The summed E-state index contributed by atoms with van der Waals surface area (Å²) in [4.78, 5) is 35.1. The maximum atomic E-state index is 11.8. The molecule has 148 valence electrons. The molecule has 1 aromatic carbocycles. The summed E-state index contributed by atoms with van der Waals surface area (Å²) in [7, 11) is 1.54. The maximum absolute atomic E-state index is 11.8. The predicted molar refractivity (Wildman–Crippen MR) is 100 cm³/mol. The molecular formula is C19H21N3O6. The highest BCUT2D eigenvalue weighted by Crippen LogP contribution is 2.28. The second-order valence-corrected chi connectivity index (χ2v) is 5.38. The molecule has 0 radical (unpaired) electrons. The molecule has 9 nitrogen and oxygen atoms in total. The van der Waals surface area contributed by atoms with E-state index in [1.165, 1.54) is 25.5 Å². The topological polar surface area (TPSA) is 119 Å². The van der Waals surface area contributed by atoms with E-state index in [9.17, 15) is 14.4 Å². The predicted octanol–water partition coefficient (Wildman–Crippen LogP) is 1.16. The second-order valence-electron chi connectivity index (χ2n) is 5.38. The molecule has 2 aromatic rings. The number of methoxy groups -OCH3 is 1. The summed E-state index contributed by atoms with van der Waals surface area (Å²) < 4.78 is 15.7. The van der Waals surface area contributed by atoms with E-state index in [4.69, 9.17) is 13.9 Å². The Kier molecular flexibility index (Phi) is 7.64. The van der Waals surface area contributed by atoms with Crippen molar-refractivity contribution in [2.75, 3.05) is 13.7 Å². The van der Waals surface area contributed by atoms with Crippen molar-refractivity contribution in [3.05, 3.63) is 54.0 Å². The summed E-state index contributed by atoms with van der Waals surface area (Å²) in [6.45, 7) is 2.38. The van der Waals surface area contributed by atoms with Gasteiger partial charge >= 0.3 is 11.8 Å². The van der Waals surface area contributed by atoms with Crippen LogP contribution in [0.4, 0.5) is 0 Å². The van der Waals surface area contributed by atoms with Crippen molar-refractivity contribution in [2.24, 2.45) is 0 Å². The SMILES string of the molecule is CCOc1cc(/C=C/C(=O)NNC(=O)C(=O)NCc2ccco2)ccc1OC. The summed E-state index contributed by atoms with van der Waals surface area (Å²) in [6, 6.07) is 8.49. The fourth-order valence-corrected chi connectivity index (χ4v) is 2.11. The van der Waals surface area contributed by atoms with Gasteiger partial charge in [0.1, 0.15) is 5.76 Å². The Balaban J connectivity index is 1.81. The third-order valence-electron chi connectivity index (χ3n) is 3.42. The number of benzene rings is 1. The normalized spacial score (nSPS) is 10.4. The molecule has 0 aliphatic heterocycles. The minimum absolute atomic E-state index is 0.0622. The van der Waals surface area contributed by atoms with Gasteiger partial charge < -0.3 is 19.2 Å². The van der Waals surface area contributed by atoms with Gasteiger partial charge in [0.05, 0.1) is 26.5 Å². The molecule has 0 atom stereocenters. The Hall–Kier alpha value is -3.75. The lowest BCUT2D eigenvalue weighted by Gasteiger charge is -2.09. The molecule has 0 unspecified atom stereocenters. The zero-order valence-corrected chi connectivity index (χ0v) is 15.5. The number of nitrogens with one attached hydrogen (secondary N) is 3. The summed E-state index contributed by atoms with van der Waals surface area (Å²) in [5.74, 6) is -0.890. The van der Waals surface area contributed by atoms with Crippen LogP contribution in [-0.2, 0) is 20.9 Å². The molecule has 0 saturated carbocycles. The van der Waals surface area contributed by atoms with Crippen LogP contribution in [0.2, 0.25) is 0 Å². The Morgan fingerprint density at radius 1 is 1.11 bits per heavy atom. The third-order valence-corrected chi connectivity index (χ3v) is 3.42. The van der Waals surface area contributed by atoms with E-state index in [-0.39, 0.29) is 6.54 Å². The van der Waals surface area contributed by atoms with Gasteiger partial charge in [-0.3, -0.25) is 25.2 Å². The van der Waals surface area contributed by atoms with Crippen LogP contribution in [0.15, 0.2) is 47.1 Å². The minimum atomic E-state index is -1.00. The van der Waals surface area contributed by atoms with Crippen molar-refractivity contribution in [3.8, 4) is 11.5 Å². The molecule has 0 aliphatic rings. The van der Waals surface area contributed by atoms with Gasteiger partial charge in [0.25, 0.3) is 5.91 Å². The first-order chi connectivity index (χ1) is 13.5. The van der Waals surface area contributed by atoms with Crippen LogP contribution in [0, 0.1) is 0 Å². The average Bonchev–Trinajstić information content (AvgIpc) is 3.22. The van der Waals surface area contributed by atoms with E-state index in [1.54, 1.807) is 30.3 Å². The molecule has 0 fully saturated rings. The van der Waals surface area contributed by atoms with Crippen LogP contribution in [-0.4, -0.2) is 31.4 Å². The molecule has 3 N–H and O–H groups in total. The average molecular weight is 387 g/mol. The van der Waals surface area contributed by atoms with E-state index in [2.05, 4.69) is 10.7 Å². The van der Waals surface area contributed by atoms with Crippen LogP contribution < -0.4 is 25.6 Å². The number of carbonyl (C=O) groups is 3. The monoisotopic (exact) mass is 387 g/mol. The fourth-order valence-electron chi connectivity index (χ4n) is 2.11. The number of carbonyl (C=O) groups excluding carboxylic acids is 3. The first-order valence-electron chi connectivity index (χ1n) is 8.43. The van der Waals surface area contributed by atoms with Gasteiger partial charge in [0.15, 0.2) is 11.5 Å². The molecule has 0 spiro atoms. The van der Waals surface area contributed by atoms with E-state index in [1.807, 2.05) is 12.3 Å². The number of hydrogen-bond donors (Lipinski definition) is 3. The zero-order chi connectivity index (χ0) is 20.4. The maximum Gasteiger partial charge on any atom is 0.327 e. The lowest BCUT2D eigenvalue weighted by atomic mass is 10.2. The van der Waals surface area contributed by atoms with Gasteiger partial charge in [0.2, 0.25) is 0 Å². The first kappa shape index (κ1) is 20.6. The Labute approximate surface area is 161 Å².